The van der Waals surface area contributed by atoms with Gasteiger partial charge in [-0.1, -0.05) is 123 Å². The summed E-state index contributed by atoms with van der Waals surface area (Å²) < 4.78 is 17.1. The van der Waals surface area contributed by atoms with E-state index in [2.05, 4.69) is 13.8 Å². The molecule has 0 heterocycles. The maximum Gasteiger partial charge on any atom is 0.362 e. The summed E-state index contributed by atoms with van der Waals surface area (Å²) >= 11 is 0. The third-order valence-electron chi connectivity index (χ3n) is 8.01. The number of likely N-dealkylation sites (N-methyl/N-ethyl adjacent to an activating group) is 1. The normalized spacial score (nSPS) is 13.0. The van der Waals surface area contributed by atoms with Gasteiger partial charge in [0.1, 0.15) is 6.61 Å². The van der Waals surface area contributed by atoms with Crippen molar-refractivity contribution in [3.8, 4) is 0 Å². The lowest BCUT2D eigenvalue weighted by molar-refractivity contribution is -0.887. The number of carbonyl (C=O) groups excluding carboxylic acids is 2. The van der Waals surface area contributed by atoms with Crippen LogP contribution in [0.5, 0.6) is 0 Å². The van der Waals surface area contributed by atoms with Crippen LogP contribution in [0, 0.1) is 0 Å². The minimum atomic E-state index is -0.874. The van der Waals surface area contributed by atoms with E-state index in [1.807, 2.05) is 21.1 Å². The molecule has 0 aliphatic heterocycles. The number of nitrogens with zero attached hydrogens (tertiary/aromatic N) is 1. The van der Waals surface area contributed by atoms with Gasteiger partial charge < -0.3 is 23.8 Å². The van der Waals surface area contributed by atoms with Gasteiger partial charge in [-0.15, -0.1) is 0 Å². The average Bonchev–Trinajstić information content (AvgIpc) is 2.94. The number of esters is 2. The van der Waals surface area contributed by atoms with Gasteiger partial charge in [0, 0.05) is 19.3 Å². The molecule has 0 fully saturated rings. The first-order valence-corrected chi connectivity index (χ1v) is 17.6. The summed E-state index contributed by atoms with van der Waals surface area (Å²) in [6.07, 6.45) is 22.9. The predicted molar refractivity (Wildman–Crippen MR) is 174 cm³/mol. The first-order chi connectivity index (χ1) is 20.6. The Morgan fingerprint density at radius 3 is 1.44 bits per heavy atom. The molecule has 8 nitrogen and oxygen atoms in total. The van der Waals surface area contributed by atoms with Crippen molar-refractivity contribution in [2.24, 2.45) is 0 Å². The highest BCUT2D eigenvalue weighted by Crippen LogP contribution is 2.14. The Morgan fingerprint density at radius 1 is 0.605 bits per heavy atom. The number of quaternary nitrogens is 1. The van der Waals surface area contributed by atoms with Crippen LogP contribution in [0.15, 0.2) is 0 Å². The molecule has 0 bridgehead atoms. The molecule has 8 heteroatoms. The number of carboxylic acid groups (broad SMARTS) is 1. The fourth-order valence-electron chi connectivity index (χ4n) is 5.21. The van der Waals surface area contributed by atoms with Gasteiger partial charge in [0.15, 0.2) is 12.1 Å². The van der Waals surface area contributed by atoms with Gasteiger partial charge in [0.2, 0.25) is 0 Å². The van der Waals surface area contributed by atoms with E-state index in [0.29, 0.717) is 19.3 Å². The maximum absolute atomic E-state index is 12.6. The van der Waals surface area contributed by atoms with Gasteiger partial charge in [0.05, 0.1) is 34.4 Å². The summed E-state index contributed by atoms with van der Waals surface area (Å²) in [6, 6.07) is -0.605. The summed E-state index contributed by atoms with van der Waals surface area (Å²) in [7, 11) is 5.51. The third kappa shape index (κ3) is 26.5. The second-order valence-corrected chi connectivity index (χ2v) is 13.1. The van der Waals surface area contributed by atoms with E-state index >= 15 is 0 Å². The number of ether oxygens (including phenoxy) is 3. The van der Waals surface area contributed by atoms with E-state index in [1.54, 1.807) is 0 Å². The lowest BCUT2D eigenvalue weighted by atomic mass is 10.0. The molecule has 0 radical (unpaired) electrons. The summed E-state index contributed by atoms with van der Waals surface area (Å²) in [4.78, 5) is 36.5. The average molecular weight is 615 g/mol. The molecule has 0 saturated carbocycles. The second-order valence-electron chi connectivity index (χ2n) is 13.1. The Balaban J connectivity index is 4.42. The van der Waals surface area contributed by atoms with E-state index in [1.165, 1.54) is 83.5 Å². The lowest BCUT2D eigenvalue weighted by Crippen LogP contribution is -2.50. The zero-order valence-electron chi connectivity index (χ0n) is 28.7. The molecule has 0 rings (SSSR count). The molecule has 0 aromatic heterocycles. The number of unbranched alkanes of at least 4 members (excludes halogenated alkanes) is 17. The van der Waals surface area contributed by atoms with Gasteiger partial charge in [0.25, 0.3) is 0 Å². The molecule has 43 heavy (non-hydrogen) atoms. The molecule has 0 aromatic rings. The molecule has 0 saturated heterocycles. The van der Waals surface area contributed by atoms with Crippen molar-refractivity contribution < 1.29 is 38.2 Å². The van der Waals surface area contributed by atoms with Crippen LogP contribution in [0.3, 0.4) is 0 Å². The van der Waals surface area contributed by atoms with E-state index in [-0.39, 0.29) is 36.2 Å². The summed E-state index contributed by atoms with van der Waals surface area (Å²) in [5, 5.41) is 9.54. The molecule has 254 valence electrons. The fourth-order valence-corrected chi connectivity index (χ4v) is 5.21. The Labute approximate surface area is 264 Å². The number of carbonyl (C=O) groups is 3. The molecule has 1 N–H and O–H groups in total. The van der Waals surface area contributed by atoms with Crippen molar-refractivity contribution >= 4 is 17.9 Å². The molecular weight excluding hydrogens is 546 g/mol. The highest BCUT2D eigenvalue weighted by atomic mass is 16.6. The summed E-state index contributed by atoms with van der Waals surface area (Å²) in [5.41, 5.74) is 0. The van der Waals surface area contributed by atoms with Crippen molar-refractivity contribution in [1.82, 2.24) is 0 Å². The van der Waals surface area contributed by atoms with Gasteiger partial charge in [-0.2, -0.15) is 0 Å². The van der Waals surface area contributed by atoms with Crippen LogP contribution in [0.1, 0.15) is 155 Å². The maximum atomic E-state index is 12.6. The Morgan fingerprint density at radius 2 is 1.02 bits per heavy atom. The van der Waals surface area contributed by atoms with Crippen LogP contribution < -0.4 is 0 Å². The number of hydrogen-bond acceptors (Lipinski definition) is 6. The molecule has 0 amide bonds. The molecule has 0 aliphatic carbocycles. The van der Waals surface area contributed by atoms with Crippen LogP contribution in [-0.2, 0) is 28.6 Å². The third-order valence-corrected chi connectivity index (χ3v) is 8.01. The highest BCUT2D eigenvalue weighted by molar-refractivity contribution is 5.72. The quantitative estimate of drug-likeness (QED) is 0.0477. The second kappa shape index (κ2) is 27.8. The van der Waals surface area contributed by atoms with Crippen molar-refractivity contribution in [2.75, 3.05) is 41.0 Å². The predicted octanol–water partition coefficient (Wildman–Crippen LogP) is 8.24. The van der Waals surface area contributed by atoms with Crippen molar-refractivity contribution in [1.29, 1.82) is 0 Å². The van der Waals surface area contributed by atoms with Crippen LogP contribution in [0.25, 0.3) is 0 Å². The molecular formula is C35H68NO7+. The minimum absolute atomic E-state index is 0.0444. The van der Waals surface area contributed by atoms with E-state index in [0.717, 1.165) is 38.5 Å². The van der Waals surface area contributed by atoms with Crippen molar-refractivity contribution in [2.45, 2.75) is 167 Å². The van der Waals surface area contributed by atoms with Crippen LogP contribution in [0.2, 0.25) is 0 Å². The first kappa shape index (κ1) is 41.3. The zero-order valence-corrected chi connectivity index (χ0v) is 28.7. The number of carboxylic acids is 1. The van der Waals surface area contributed by atoms with Crippen LogP contribution in [0.4, 0.5) is 0 Å². The largest absolute Gasteiger partial charge is 0.477 e. The van der Waals surface area contributed by atoms with Gasteiger partial charge >= 0.3 is 17.9 Å². The molecule has 0 spiro atoms. The topological polar surface area (TPSA) is 99.1 Å². The number of rotatable bonds is 31. The molecule has 0 aliphatic rings. The summed E-state index contributed by atoms with van der Waals surface area (Å²) in [5.74, 6) is -1.47. The minimum Gasteiger partial charge on any atom is -0.477 e. The fraction of sp³-hybridized carbons (Fsp3) is 0.914. The molecule has 0 aromatic carbocycles. The van der Waals surface area contributed by atoms with E-state index in [9.17, 15) is 19.5 Å². The van der Waals surface area contributed by atoms with Crippen molar-refractivity contribution in [3.63, 3.8) is 0 Å². The Kier molecular flexibility index (Phi) is 26.8. The highest BCUT2D eigenvalue weighted by Gasteiger charge is 2.31. The first-order valence-electron chi connectivity index (χ1n) is 17.6. The zero-order chi connectivity index (χ0) is 32.2. The van der Waals surface area contributed by atoms with E-state index < -0.39 is 18.1 Å². The monoisotopic (exact) mass is 614 g/mol. The van der Waals surface area contributed by atoms with Gasteiger partial charge in [-0.3, -0.25) is 9.59 Å². The van der Waals surface area contributed by atoms with Crippen LogP contribution >= 0.6 is 0 Å². The molecule has 2 atom stereocenters. The van der Waals surface area contributed by atoms with Crippen LogP contribution in [-0.4, -0.2) is 80.6 Å². The van der Waals surface area contributed by atoms with E-state index in [4.69, 9.17) is 14.2 Å². The number of aliphatic carboxylic acids is 1. The number of hydrogen-bond donors (Lipinski definition) is 1. The SMILES string of the molecule is CCCCCCCCCCCCCCC(=O)OC(COCCC(C(=O)O)[N+](C)(C)C)COC(=O)CCCCCCCCC. The molecule has 2 unspecified atom stereocenters. The lowest BCUT2D eigenvalue weighted by Gasteiger charge is -2.31. The van der Waals surface area contributed by atoms with Gasteiger partial charge in [-0.05, 0) is 12.8 Å². The summed E-state index contributed by atoms with van der Waals surface area (Å²) in [6.45, 7) is 4.68. The standard InChI is InChI=1S/C35H67NO7/c1-6-8-10-12-14-15-16-17-18-20-22-24-26-34(38)43-31(29-41-28-27-32(35(39)40)36(3,4)5)30-42-33(37)25-23-21-19-13-11-9-7-2/h31-32H,6-30H2,1-5H3/p+1. The Hall–Kier alpha value is -1.67. The van der Waals surface area contributed by atoms with Gasteiger partial charge in [-0.25, -0.2) is 4.79 Å². The smallest absolute Gasteiger partial charge is 0.362 e. The Bertz CT molecular complexity index is 692. The van der Waals surface area contributed by atoms with Crippen molar-refractivity contribution in [3.05, 3.63) is 0 Å².